The standard InChI is InChI=1S/C22H22N2O/c1-15-18-4-2-3-5-20(18)24-14-19(15)16-6-7-21-17(12-16)13-22(25-21)8-10-23-11-9-22/h2-7,12,14,23H,8-11,13H2,1H3. The highest BCUT2D eigenvalue weighted by molar-refractivity contribution is 5.88. The molecule has 0 radical (unpaired) electrons. The van der Waals surface area contributed by atoms with Crippen LogP contribution in [0.25, 0.3) is 22.0 Å². The lowest BCUT2D eigenvalue weighted by Gasteiger charge is -2.33. The average molecular weight is 330 g/mol. The first-order valence-electron chi connectivity index (χ1n) is 9.12. The maximum atomic E-state index is 6.37. The van der Waals surface area contributed by atoms with E-state index in [0.29, 0.717) is 0 Å². The first kappa shape index (κ1) is 14.9. The number of fused-ring (bicyclic) bond motifs is 2. The number of nitrogens with one attached hydrogen (secondary N) is 1. The van der Waals surface area contributed by atoms with Crippen molar-refractivity contribution < 1.29 is 4.74 Å². The SMILES string of the molecule is Cc1c(-c2ccc3c(c2)CC2(CCNCC2)O3)cnc2ccccc12. The Hall–Kier alpha value is -2.39. The van der Waals surface area contributed by atoms with Gasteiger partial charge in [0.1, 0.15) is 11.4 Å². The maximum absolute atomic E-state index is 6.37. The predicted molar refractivity (Wildman–Crippen MR) is 101 cm³/mol. The molecule has 0 aliphatic carbocycles. The lowest BCUT2D eigenvalue weighted by atomic mass is 9.87. The van der Waals surface area contributed by atoms with Gasteiger partial charge in [0.25, 0.3) is 0 Å². The molecule has 1 spiro atoms. The third-order valence-electron chi connectivity index (χ3n) is 5.77. The Morgan fingerprint density at radius 1 is 1.08 bits per heavy atom. The van der Waals surface area contributed by atoms with Crippen molar-refractivity contribution in [1.82, 2.24) is 10.3 Å². The van der Waals surface area contributed by atoms with Gasteiger partial charge in [-0.25, -0.2) is 0 Å². The lowest BCUT2D eigenvalue weighted by molar-refractivity contribution is 0.0600. The van der Waals surface area contributed by atoms with E-state index in [0.717, 1.165) is 43.6 Å². The fourth-order valence-electron chi connectivity index (χ4n) is 4.33. The van der Waals surface area contributed by atoms with Crippen LogP contribution in [0.15, 0.2) is 48.7 Å². The number of nitrogens with zero attached hydrogens (tertiary/aromatic N) is 1. The van der Waals surface area contributed by atoms with Gasteiger partial charge in [0.15, 0.2) is 0 Å². The summed E-state index contributed by atoms with van der Waals surface area (Å²) in [6.07, 6.45) is 5.22. The number of hydrogen-bond donors (Lipinski definition) is 1. The van der Waals surface area contributed by atoms with Crippen molar-refractivity contribution in [2.45, 2.75) is 31.8 Å². The fourth-order valence-corrected chi connectivity index (χ4v) is 4.33. The summed E-state index contributed by atoms with van der Waals surface area (Å²) in [7, 11) is 0. The number of rotatable bonds is 1. The van der Waals surface area contributed by atoms with Crippen LogP contribution in [0.2, 0.25) is 0 Å². The monoisotopic (exact) mass is 330 g/mol. The molecule has 1 saturated heterocycles. The van der Waals surface area contributed by atoms with Crippen molar-refractivity contribution in [3.8, 4) is 16.9 Å². The van der Waals surface area contributed by atoms with E-state index in [1.807, 2.05) is 12.3 Å². The molecular weight excluding hydrogens is 308 g/mol. The summed E-state index contributed by atoms with van der Waals surface area (Å²) in [4.78, 5) is 4.66. The highest BCUT2D eigenvalue weighted by atomic mass is 16.5. The molecule has 5 rings (SSSR count). The van der Waals surface area contributed by atoms with Crippen LogP contribution in [0.4, 0.5) is 0 Å². The molecule has 0 bridgehead atoms. The van der Waals surface area contributed by atoms with Gasteiger partial charge in [0.05, 0.1) is 5.52 Å². The normalized spacial score (nSPS) is 18.3. The number of hydrogen-bond acceptors (Lipinski definition) is 3. The van der Waals surface area contributed by atoms with E-state index in [1.54, 1.807) is 0 Å². The number of ether oxygens (including phenoxy) is 1. The molecule has 2 aromatic carbocycles. The highest BCUT2D eigenvalue weighted by Gasteiger charge is 2.40. The average Bonchev–Trinajstić information content (AvgIpc) is 2.99. The molecule has 2 aliphatic rings. The minimum Gasteiger partial charge on any atom is -0.487 e. The summed E-state index contributed by atoms with van der Waals surface area (Å²) in [5.74, 6) is 1.07. The van der Waals surface area contributed by atoms with E-state index in [1.165, 1.54) is 27.6 Å². The number of piperidine rings is 1. The minimum absolute atomic E-state index is 0.0168. The van der Waals surface area contributed by atoms with Gasteiger partial charge in [0, 0.05) is 23.6 Å². The van der Waals surface area contributed by atoms with E-state index in [4.69, 9.17) is 4.74 Å². The minimum atomic E-state index is 0.0168. The van der Waals surface area contributed by atoms with Crippen LogP contribution in [0.5, 0.6) is 5.75 Å². The summed E-state index contributed by atoms with van der Waals surface area (Å²) in [5, 5.41) is 4.66. The first-order valence-corrected chi connectivity index (χ1v) is 9.12. The van der Waals surface area contributed by atoms with Crippen LogP contribution in [0, 0.1) is 6.92 Å². The third kappa shape index (κ3) is 2.42. The smallest absolute Gasteiger partial charge is 0.123 e. The summed E-state index contributed by atoms with van der Waals surface area (Å²) in [5.41, 5.74) is 6.16. The molecule has 0 saturated carbocycles. The van der Waals surface area contributed by atoms with Crippen LogP contribution in [-0.4, -0.2) is 23.7 Å². The zero-order valence-corrected chi connectivity index (χ0v) is 14.5. The second-order valence-corrected chi connectivity index (χ2v) is 7.35. The second-order valence-electron chi connectivity index (χ2n) is 7.35. The topological polar surface area (TPSA) is 34.1 Å². The molecule has 3 heteroatoms. The Morgan fingerprint density at radius 2 is 1.92 bits per heavy atom. The van der Waals surface area contributed by atoms with Crippen LogP contribution in [0.3, 0.4) is 0 Å². The highest BCUT2D eigenvalue weighted by Crippen LogP contribution is 2.42. The molecule has 2 aliphatic heterocycles. The molecule has 25 heavy (non-hydrogen) atoms. The number of aromatic nitrogens is 1. The summed E-state index contributed by atoms with van der Waals surface area (Å²) in [6, 6.07) is 15.0. The van der Waals surface area contributed by atoms with E-state index < -0.39 is 0 Å². The molecule has 3 heterocycles. The van der Waals surface area contributed by atoms with Gasteiger partial charge in [0.2, 0.25) is 0 Å². The van der Waals surface area contributed by atoms with E-state index in [2.05, 4.69) is 53.6 Å². The van der Waals surface area contributed by atoms with Crippen molar-refractivity contribution in [3.05, 3.63) is 59.8 Å². The molecular formula is C22H22N2O. The Morgan fingerprint density at radius 3 is 2.80 bits per heavy atom. The van der Waals surface area contributed by atoms with E-state index in [9.17, 15) is 0 Å². The number of aryl methyl sites for hydroxylation is 1. The predicted octanol–water partition coefficient (Wildman–Crippen LogP) is 4.27. The third-order valence-corrected chi connectivity index (χ3v) is 5.77. The molecule has 3 nitrogen and oxygen atoms in total. The zero-order chi connectivity index (χ0) is 16.9. The number of pyridine rings is 1. The Kier molecular flexibility index (Phi) is 3.32. The van der Waals surface area contributed by atoms with Crippen molar-refractivity contribution in [1.29, 1.82) is 0 Å². The molecule has 3 aromatic rings. The maximum Gasteiger partial charge on any atom is 0.123 e. The molecule has 0 amide bonds. The van der Waals surface area contributed by atoms with Crippen molar-refractivity contribution in [3.63, 3.8) is 0 Å². The lowest BCUT2D eigenvalue weighted by Crippen LogP contribution is -2.45. The largest absolute Gasteiger partial charge is 0.487 e. The Labute approximate surface area is 148 Å². The van der Waals surface area contributed by atoms with Gasteiger partial charge in [-0.15, -0.1) is 0 Å². The van der Waals surface area contributed by atoms with E-state index >= 15 is 0 Å². The zero-order valence-electron chi connectivity index (χ0n) is 14.5. The summed E-state index contributed by atoms with van der Waals surface area (Å²) < 4.78 is 6.37. The van der Waals surface area contributed by atoms with Gasteiger partial charge in [-0.2, -0.15) is 0 Å². The molecule has 1 fully saturated rings. The van der Waals surface area contributed by atoms with E-state index in [-0.39, 0.29) is 5.60 Å². The van der Waals surface area contributed by atoms with Gasteiger partial charge < -0.3 is 10.1 Å². The van der Waals surface area contributed by atoms with Crippen LogP contribution in [0.1, 0.15) is 24.0 Å². The number of benzene rings is 2. The molecule has 0 unspecified atom stereocenters. The first-order chi connectivity index (χ1) is 12.2. The molecule has 0 atom stereocenters. The van der Waals surface area contributed by atoms with Gasteiger partial charge in [-0.05, 0) is 67.7 Å². The quantitative estimate of drug-likeness (QED) is 0.723. The van der Waals surface area contributed by atoms with Crippen molar-refractivity contribution >= 4 is 10.9 Å². The Balaban J connectivity index is 1.55. The van der Waals surface area contributed by atoms with Crippen molar-refractivity contribution in [2.24, 2.45) is 0 Å². The molecule has 126 valence electrons. The number of para-hydroxylation sites is 1. The van der Waals surface area contributed by atoms with Crippen molar-refractivity contribution in [2.75, 3.05) is 13.1 Å². The van der Waals surface area contributed by atoms with Crippen LogP contribution >= 0.6 is 0 Å². The van der Waals surface area contributed by atoms with Gasteiger partial charge >= 0.3 is 0 Å². The summed E-state index contributed by atoms with van der Waals surface area (Å²) in [6.45, 7) is 4.29. The molecule has 1 aromatic heterocycles. The van der Waals surface area contributed by atoms with Crippen LogP contribution in [-0.2, 0) is 6.42 Å². The van der Waals surface area contributed by atoms with Crippen LogP contribution < -0.4 is 10.1 Å². The second kappa shape index (κ2) is 5.57. The van der Waals surface area contributed by atoms with Gasteiger partial charge in [-0.3, -0.25) is 4.98 Å². The Bertz CT molecular complexity index is 957. The summed E-state index contributed by atoms with van der Waals surface area (Å²) >= 11 is 0. The molecule has 1 N–H and O–H groups in total. The fraction of sp³-hybridized carbons (Fsp3) is 0.318. The van der Waals surface area contributed by atoms with Gasteiger partial charge in [-0.1, -0.05) is 24.3 Å².